The van der Waals surface area contributed by atoms with Gasteiger partial charge in [-0.3, -0.25) is 0 Å². The van der Waals surface area contributed by atoms with Crippen molar-refractivity contribution in [3.63, 3.8) is 0 Å². The lowest BCUT2D eigenvalue weighted by atomic mass is 10.1. The number of thioether (sulfide) groups is 1. The van der Waals surface area contributed by atoms with Crippen molar-refractivity contribution in [2.75, 3.05) is 7.11 Å². The molecule has 0 bridgehead atoms. The second kappa shape index (κ2) is 7.01. The number of methoxy groups -OCH3 is 1. The molecule has 0 radical (unpaired) electrons. The van der Waals surface area contributed by atoms with E-state index in [1.54, 1.807) is 7.11 Å². The second-order valence-electron chi connectivity index (χ2n) is 5.42. The average Bonchev–Trinajstić information content (AvgIpc) is 2.48. The number of rotatable bonds is 5. The van der Waals surface area contributed by atoms with E-state index in [-0.39, 0.29) is 11.3 Å². The van der Waals surface area contributed by atoms with Crippen LogP contribution in [0.3, 0.4) is 0 Å². The van der Waals surface area contributed by atoms with Crippen molar-refractivity contribution in [2.45, 2.75) is 37.0 Å². The van der Waals surface area contributed by atoms with E-state index in [0.717, 1.165) is 5.75 Å². The summed E-state index contributed by atoms with van der Waals surface area (Å²) in [7, 11) is 1.68. The molecule has 3 heteroatoms. The van der Waals surface area contributed by atoms with Gasteiger partial charge in [-0.05, 0) is 61.7 Å². The first-order valence-electron chi connectivity index (χ1n) is 7.14. The van der Waals surface area contributed by atoms with Gasteiger partial charge in [0.15, 0.2) is 0 Å². The number of benzene rings is 2. The van der Waals surface area contributed by atoms with Crippen LogP contribution in [0.1, 0.15) is 28.9 Å². The number of nitrogens with two attached hydrogens (primary N) is 1. The van der Waals surface area contributed by atoms with E-state index in [2.05, 4.69) is 51.1 Å². The summed E-state index contributed by atoms with van der Waals surface area (Å²) >= 11 is 1.82. The van der Waals surface area contributed by atoms with Crippen LogP contribution >= 0.6 is 11.8 Å². The zero-order valence-corrected chi connectivity index (χ0v) is 13.9. The maximum atomic E-state index is 6.20. The summed E-state index contributed by atoms with van der Waals surface area (Å²) in [5.41, 5.74) is 10.1. The fourth-order valence-corrected chi connectivity index (χ4v) is 3.40. The van der Waals surface area contributed by atoms with Gasteiger partial charge in [0.2, 0.25) is 0 Å². The molecule has 0 aliphatic rings. The fourth-order valence-electron chi connectivity index (χ4n) is 2.21. The number of hydrogen-bond donors (Lipinski definition) is 1. The Kier molecular flexibility index (Phi) is 5.32. The van der Waals surface area contributed by atoms with E-state index in [4.69, 9.17) is 10.5 Å². The van der Waals surface area contributed by atoms with Crippen molar-refractivity contribution >= 4 is 11.8 Å². The Morgan fingerprint density at radius 1 is 1.00 bits per heavy atom. The monoisotopic (exact) mass is 301 g/mol. The highest BCUT2D eigenvalue weighted by atomic mass is 32.2. The number of aryl methyl sites for hydroxylation is 2. The Morgan fingerprint density at radius 2 is 1.67 bits per heavy atom. The number of hydrogen-bond acceptors (Lipinski definition) is 3. The van der Waals surface area contributed by atoms with Crippen molar-refractivity contribution in [1.29, 1.82) is 0 Å². The van der Waals surface area contributed by atoms with Crippen molar-refractivity contribution in [2.24, 2.45) is 5.73 Å². The third-order valence-electron chi connectivity index (χ3n) is 3.66. The molecule has 112 valence electrons. The first-order chi connectivity index (χ1) is 10.0. The Bertz CT molecular complexity index is 593. The first kappa shape index (κ1) is 15.9. The molecule has 2 atom stereocenters. The molecule has 0 saturated carbocycles. The van der Waals surface area contributed by atoms with E-state index in [0.29, 0.717) is 0 Å². The fraction of sp³-hybridized carbons (Fsp3) is 0.333. The predicted octanol–water partition coefficient (Wildman–Crippen LogP) is 4.49. The van der Waals surface area contributed by atoms with Crippen LogP contribution in [0.25, 0.3) is 0 Å². The predicted molar refractivity (Wildman–Crippen MR) is 91.2 cm³/mol. The van der Waals surface area contributed by atoms with Crippen molar-refractivity contribution in [1.82, 2.24) is 0 Å². The summed E-state index contributed by atoms with van der Waals surface area (Å²) in [6, 6.07) is 14.8. The molecular weight excluding hydrogens is 278 g/mol. The quantitative estimate of drug-likeness (QED) is 0.826. The van der Waals surface area contributed by atoms with E-state index < -0.39 is 0 Å². The highest BCUT2D eigenvalue weighted by Gasteiger charge is 2.18. The van der Waals surface area contributed by atoms with E-state index >= 15 is 0 Å². The van der Waals surface area contributed by atoms with E-state index in [1.807, 2.05) is 23.9 Å². The van der Waals surface area contributed by atoms with Gasteiger partial charge in [-0.2, -0.15) is 0 Å². The average molecular weight is 301 g/mol. The summed E-state index contributed by atoms with van der Waals surface area (Å²) in [6.45, 7) is 6.34. The standard InChI is InChI=1S/C18H23NOS/c1-12-5-10-17(11-13(12)2)21-18(14(3)19)15-6-8-16(20-4)9-7-15/h5-11,14,18H,19H2,1-4H3. The van der Waals surface area contributed by atoms with Gasteiger partial charge in [0, 0.05) is 16.2 Å². The van der Waals surface area contributed by atoms with Crippen LogP contribution in [0.5, 0.6) is 5.75 Å². The summed E-state index contributed by atoms with van der Waals surface area (Å²) in [5.74, 6) is 0.873. The second-order valence-corrected chi connectivity index (χ2v) is 6.63. The van der Waals surface area contributed by atoms with Crippen LogP contribution in [0.4, 0.5) is 0 Å². The molecule has 2 aromatic rings. The van der Waals surface area contributed by atoms with Gasteiger partial charge in [-0.25, -0.2) is 0 Å². The van der Waals surface area contributed by atoms with Gasteiger partial charge >= 0.3 is 0 Å². The molecule has 0 aliphatic heterocycles. The van der Waals surface area contributed by atoms with Crippen molar-refractivity contribution in [3.05, 3.63) is 59.2 Å². The van der Waals surface area contributed by atoms with Crippen LogP contribution in [-0.2, 0) is 0 Å². The molecule has 2 nitrogen and oxygen atoms in total. The minimum atomic E-state index is 0.0741. The van der Waals surface area contributed by atoms with Crippen LogP contribution < -0.4 is 10.5 Å². The Labute approximate surface area is 131 Å². The Hall–Kier alpha value is -1.45. The summed E-state index contributed by atoms with van der Waals surface area (Å²) < 4.78 is 5.22. The Balaban J connectivity index is 2.23. The molecule has 2 aromatic carbocycles. The SMILES string of the molecule is COc1ccc(C(Sc2ccc(C)c(C)c2)C(C)N)cc1. The molecule has 0 aromatic heterocycles. The molecule has 0 heterocycles. The minimum absolute atomic E-state index is 0.0741. The molecule has 2 unspecified atom stereocenters. The lowest BCUT2D eigenvalue weighted by molar-refractivity contribution is 0.414. The largest absolute Gasteiger partial charge is 0.497 e. The molecule has 0 amide bonds. The smallest absolute Gasteiger partial charge is 0.118 e. The molecule has 21 heavy (non-hydrogen) atoms. The van der Waals surface area contributed by atoms with Crippen LogP contribution in [0, 0.1) is 13.8 Å². The van der Waals surface area contributed by atoms with Gasteiger partial charge in [0.1, 0.15) is 5.75 Å². The maximum absolute atomic E-state index is 6.20. The summed E-state index contributed by atoms with van der Waals surface area (Å²) in [4.78, 5) is 1.26. The van der Waals surface area contributed by atoms with Gasteiger partial charge < -0.3 is 10.5 Å². The van der Waals surface area contributed by atoms with Gasteiger partial charge in [0.25, 0.3) is 0 Å². The van der Waals surface area contributed by atoms with Gasteiger partial charge in [0.05, 0.1) is 7.11 Å². The normalized spacial score (nSPS) is 13.8. The van der Waals surface area contributed by atoms with Crippen molar-refractivity contribution < 1.29 is 4.74 Å². The molecule has 0 spiro atoms. The minimum Gasteiger partial charge on any atom is -0.497 e. The lowest BCUT2D eigenvalue weighted by Gasteiger charge is -2.21. The topological polar surface area (TPSA) is 35.2 Å². The number of ether oxygens (including phenoxy) is 1. The third-order valence-corrected chi connectivity index (χ3v) is 5.14. The lowest BCUT2D eigenvalue weighted by Crippen LogP contribution is -2.22. The summed E-state index contributed by atoms with van der Waals surface area (Å²) in [6.07, 6.45) is 0. The van der Waals surface area contributed by atoms with Crippen LogP contribution in [0.15, 0.2) is 47.4 Å². The first-order valence-corrected chi connectivity index (χ1v) is 8.02. The van der Waals surface area contributed by atoms with E-state index in [1.165, 1.54) is 21.6 Å². The Morgan fingerprint density at radius 3 is 2.19 bits per heavy atom. The molecular formula is C18H23NOS. The van der Waals surface area contributed by atoms with Crippen molar-refractivity contribution in [3.8, 4) is 5.75 Å². The van der Waals surface area contributed by atoms with Crippen LogP contribution in [-0.4, -0.2) is 13.2 Å². The molecule has 0 saturated heterocycles. The van der Waals surface area contributed by atoms with E-state index in [9.17, 15) is 0 Å². The highest BCUT2D eigenvalue weighted by molar-refractivity contribution is 7.99. The molecule has 2 N–H and O–H groups in total. The molecule has 0 aliphatic carbocycles. The molecule has 2 rings (SSSR count). The van der Waals surface area contributed by atoms with Crippen LogP contribution in [0.2, 0.25) is 0 Å². The van der Waals surface area contributed by atoms with Gasteiger partial charge in [-0.1, -0.05) is 18.2 Å². The maximum Gasteiger partial charge on any atom is 0.118 e. The van der Waals surface area contributed by atoms with Gasteiger partial charge in [-0.15, -0.1) is 11.8 Å². The summed E-state index contributed by atoms with van der Waals surface area (Å²) in [5, 5.41) is 0.234. The molecule has 0 fully saturated rings. The third kappa shape index (κ3) is 4.02. The zero-order valence-electron chi connectivity index (χ0n) is 13.1. The highest BCUT2D eigenvalue weighted by Crippen LogP contribution is 2.38. The zero-order chi connectivity index (χ0) is 15.4.